The lowest BCUT2D eigenvalue weighted by Gasteiger charge is -1.96. The fraction of sp³-hybridized carbons (Fsp3) is 0.857. The average Bonchev–Trinajstić information content (AvgIpc) is 2.09. The molecule has 0 aromatic heterocycles. The van der Waals surface area contributed by atoms with Crippen LogP contribution in [0, 0.1) is 17.8 Å². The van der Waals surface area contributed by atoms with Crippen molar-refractivity contribution in [3.05, 3.63) is 6.42 Å². The monoisotopic (exact) mass is 95.1 g/mol. The molecule has 0 N–H and O–H groups in total. The van der Waals surface area contributed by atoms with Crippen LogP contribution in [0.15, 0.2) is 0 Å². The Bertz CT molecular complexity index is 94.2. The lowest BCUT2D eigenvalue weighted by atomic mass is 10.1. The summed E-state index contributed by atoms with van der Waals surface area (Å²) in [6.07, 6.45) is 6.77. The van der Waals surface area contributed by atoms with Crippen LogP contribution in [0.25, 0.3) is 0 Å². The van der Waals surface area contributed by atoms with E-state index in [9.17, 15) is 0 Å². The van der Waals surface area contributed by atoms with Gasteiger partial charge in [-0.3, -0.25) is 0 Å². The maximum Gasteiger partial charge on any atom is -0.0292 e. The van der Waals surface area contributed by atoms with Crippen LogP contribution in [0.4, 0.5) is 0 Å². The van der Waals surface area contributed by atoms with Crippen LogP contribution in [0.5, 0.6) is 0 Å². The Morgan fingerprint density at radius 1 is 1.71 bits per heavy atom. The molecular formula is C7H11. The van der Waals surface area contributed by atoms with E-state index >= 15 is 0 Å². The third-order valence-corrected chi connectivity index (χ3v) is 2.60. The minimum Gasteiger partial charge on any atom is -0.0594 e. The van der Waals surface area contributed by atoms with Gasteiger partial charge in [0.15, 0.2) is 0 Å². The first-order valence-corrected chi connectivity index (χ1v) is 3.13. The molecule has 1 radical (unpaired) electrons. The molecule has 2 atom stereocenters. The van der Waals surface area contributed by atoms with Crippen LogP contribution in [-0.2, 0) is 0 Å². The largest absolute Gasteiger partial charge is 0.0594 e. The van der Waals surface area contributed by atoms with Crippen LogP contribution >= 0.6 is 0 Å². The van der Waals surface area contributed by atoms with Crippen molar-refractivity contribution in [3.63, 3.8) is 0 Å². The molecule has 7 heavy (non-hydrogen) atoms. The first-order valence-electron chi connectivity index (χ1n) is 3.13. The van der Waals surface area contributed by atoms with Gasteiger partial charge in [0, 0.05) is 0 Å². The summed E-state index contributed by atoms with van der Waals surface area (Å²) in [6.45, 7) is 2.40. The normalized spacial score (nSPS) is 57.0. The molecule has 2 unspecified atom stereocenters. The molecule has 2 aliphatic carbocycles. The Labute approximate surface area is 44.9 Å². The van der Waals surface area contributed by atoms with Gasteiger partial charge in [-0.15, -0.1) is 0 Å². The van der Waals surface area contributed by atoms with E-state index in [1.807, 2.05) is 0 Å². The van der Waals surface area contributed by atoms with Gasteiger partial charge >= 0.3 is 0 Å². The fourth-order valence-corrected chi connectivity index (χ4v) is 1.74. The zero-order chi connectivity index (χ0) is 4.91. The first-order chi connectivity index (χ1) is 3.31. The van der Waals surface area contributed by atoms with E-state index in [-0.39, 0.29) is 0 Å². The van der Waals surface area contributed by atoms with Crippen molar-refractivity contribution in [2.45, 2.75) is 26.2 Å². The van der Waals surface area contributed by atoms with Gasteiger partial charge in [0.25, 0.3) is 0 Å². The highest BCUT2D eigenvalue weighted by atomic mass is 14.6. The second kappa shape index (κ2) is 0.888. The molecule has 0 aromatic rings. The topological polar surface area (TPSA) is 0 Å². The van der Waals surface area contributed by atoms with Crippen LogP contribution in [-0.4, -0.2) is 0 Å². The highest BCUT2D eigenvalue weighted by molar-refractivity contribution is 5.09. The summed E-state index contributed by atoms with van der Waals surface area (Å²) in [6, 6.07) is 0. The zero-order valence-electron chi connectivity index (χ0n) is 4.78. The summed E-state index contributed by atoms with van der Waals surface area (Å²) in [5.74, 6) is 1.10. The molecule has 0 spiro atoms. The maximum atomic E-state index is 2.44. The minimum absolute atomic E-state index is 0.806. The fourth-order valence-electron chi connectivity index (χ4n) is 1.74. The van der Waals surface area contributed by atoms with Gasteiger partial charge in [0.05, 0.1) is 0 Å². The highest BCUT2D eigenvalue weighted by Gasteiger charge is 2.52. The molecule has 0 heterocycles. The van der Waals surface area contributed by atoms with Crippen molar-refractivity contribution >= 4 is 0 Å². The molecule has 0 heteroatoms. The molecule has 2 fully saturated rings. The van der Waals surface area contributed by atoms with Crippen LogP contribution < -0.4 is 0 Å². The highest BCUT2D eigenvalue weighted by Crippen LogP contribution is 2.62. The van der Waals surface area contributed by atoms with E-state index in [2.05, 4.69) is 13.3 Å². The number of rotatable bonds is 0. The summed E-state index contributed by atoms with van der Waals surface area (Å²) in [4.78, 5) is 0. The predicted octanol–water partition coefficient (Wildman–Crippen LogP) is 2.01. The molecule has 0 aromatic carbocycles. The Morgan fingerprint density at radius 2 is 2.57 bits per heavy atom. The van der Waals surface area contributed by atoms with E-state index in [0.29, 0.717) is 0 Å². The Morgan fingerprint density at radius 3 is 2.71 bits per heavy atom. The van der Waals surface area contributed by atoms with E-state index in [4.69, 9.17) is 0 Å². The Kier molecular flexibility index (Phi) is 0.499. The van der Waals surface area contributed by atoms with Gasteiger partial charge in [-0.2, -0.15) is 0 Å². The minimum atomic E-state index is 0.806. The lowest BCUT2D eigenvalue weighted by Crippen LogP contribution is -1.86. The summed E-state index contributed by atoms with van der Waals surface area (Å²) in [5, 5.41) is 0. The quantitative estimate of drug-likeness (QED) is 0.431. The van der Waals surface area contributed by atoms with Gasteiger partial charge < -0.3 is 0 Å². The molecular weight excluding hydrogens is 84.1 g/mol. The molecule has 0 bridgehead atoms. The average molecular weight is 95.2 g/mol. The summed E-state index contributed by atoms with van der Waals surface area (Å²) < 4.78 is 0. The Balaban J connectivity index is 2.17. The molecule has 2 saturated carbocycles. The van der Waals surface area contributed by atoms with Crippen molar-refractivity contribution in [1.82, 2.24) is 0 Å². The predicted molar refractivity (Wildman–Crippen MR) is 29.7 cm³/mol. The van der Waals surface area contributed by atoms with Gasteiger partial charge in [-0.1, -0.05) is 6.92 Å². The number of hydrogen-bond acceptors (Lipinski definition) is 0. The number of fused-ring (bicyclic) bond motifs is 1. The van der Waals surface area contributed by atoms with Gasteiger partial charge in [-0.25, -0.2) is 0 Å². The van der Waals surface area contributed by atoms with Crippen LogP contribution in [0.2, 0.25) is 0 Å². The van der Waals surface area contributed by atoms with Gasteiger partial charge in [-0.05, 0) is 37.0 Å². The summed E-state index contributed by atoms with van der Waals surface area (Å²) >= 11 is 0. The molecule has 0 amide bonds. The smallest absolute Gasteiger partial charge is 0.0292 e. The van der Waals surface area contributed by atoms with E-state index < -0.39 is 0 Å². The molecule has 2 aliphatic rings. The molecule has 0 nitrogen and oxygen atoms in total. The molecule has 0 aliphatic heterocycles. The zero-order valence-corrected chi connectivity index (χ0v) is 4.78. The van der Waals surface area contributed by atoms with Crippen LogP contribution in [0.3, 0.4) is 0 Å². The van der Waals surface area contributed by atoms with Gasteiger partial charge in [0.1, 0.15) is 0 Å². The third-order valence-electron chi connectivity index (χ3n) is 2.60. The lowest BCUT2D eigenvalue weighted by molar-refractivity contribution is 0.568. The van der Waals surface area contributed by atoms with E-state index in [1.165, 1.54) is 19.3 Å². The SMILES string of the molecule is CC12C[CH]CC1C2. The standard InChI is InChI=1S/C7H11/c1-7-4-2-3-6(7)5-7/h2,6H,3-5H2,1H3. The number of hydrogen-bond donors (Lipinski definition) is 0. The van der Waals surface area contributed by atoms with E-state index in [0.717, 1.165) is 11.3 Å². The summed E-state index contributed by atoms with van der Waals surface area (Å²) in [5.41, 5.74) is 0.806. The van der Waals surface area contributed by atoms with Gasteiger partial charge in [0.2, 0.25) is 0 Å². The Hall–Kier alpha value is 0. The van der Waals surface area contributed by atoms with Crippen LogP contribution in [0.1, 0.15) is 26.2 Å². The van der Waals surface area contributed by atoms with Crippen molar-refractivity contribution in [3.8, 4) is 0 Å². The van der Waals surface area contributed by atoms with Crippen molar-refractivity contribution in [1.29, 1.82) is 0 Å². The van der Waals surface area contributed by atoms with E-state index in [1.54, 1.807) is 0 Å². The van der Waals surface area contributed by atoms with Crippen molar-refractivity contribution in [2.24, 2.45) is 11.3 Å². The second-order valence-corrected chi connectivity index (χ2v) is 3.28. The first kappa shape index (κ1) is 3.94. The van der Waals surface area contributed by atoms with Crippen molar-refractivity contribution < 1.29 is 0 Å². The maximum absolute atomic E-state index is 2.44. The second-order valence-electron chi connectivity index (χ2n) is 3.28. The molecule has 2 rings (SSSR count). The summed E-state index contributed by atoms with van der Waals surface area (Å²) in [7, 11) is 0. The molecule has 0 saturated heterocycles. The van der Waals surface area contributed by atoms with Crippen molar-refractivity contribution in [2.75, 3.05) is 0 Å². The molecule has 39 valence electrons. The third kappa shape index (κ3) is 0.375.